The molecule has 0 unspecified atom stereocenters. The molecule has 0 radical (unpaired) electrons. The monoisotopic (exact) mass is 131 g/mol. The van der Waals surface area contributed by atoms with Crippen LogP contribution in [0.3, 0.4) is 0 Å². The Morgan fingerprint density at radius 3 is 2.78 bits per heavy atom. The highest BCUT2D eigenvalue weighted by molar-refractivity contribution is 5.78. The molecule has 0 atom stereocenters. The zero-order valence-electron chi connectivity index (χ0n) is 4.96. The Balaban J connectivity index is 3.16. The molecule has 0 saturated heterocycles. The first-order chi connectivity index (χ1) is 4.31. The van der Waals surface area contributed by atoms with Crippen LogP contribution >= 0.6 is 0 Å². The zero-order valence-corrected chi connectivity index (χ0v) is 4.96. The Morgan fingerprint density at radius 1 is 1.67 bits per heavy atom. The molecule has 52 valence electrons. The van der Waals surface area contributed by atoms with Gasteiger partial charge in [-0.15, -0.1) is 0 Å². The molecule has 0 aromatic carbocycles. The van der Waals surface area contributed by atoms with Crippen molar-refractivity contribution < 1.29 is 14.7 Å². The predicted octanol–water partition coefficient (Wildman–Crippen LogP) is -1.32. The summed E-state index contributed by atoms with van der Waals surface area (Å²) in [6.45, 7) is -0.149. The van der Waals surface area contributed by atoms with E-state index in [1.807, 2.05) is 0 Å². The second-order valence-electron chi connectivity index (χ2n) is 1.44. The van der Waals surface area contributed by atoms with E-state index in [2.05, 4.69) is 5.32 Å². The molecule has 0 rings (SSSR count). The van der Waals surface area contributed by atoms with Crippen molar-refractivity contribution >= 4 is 12.2 Å². The molecule has 1 amide bonds. The summed E-state index contributed by atoms with van der Waals surface area (Å²) in [6.07, 6.45) is 0.656. The lowest BCUT2D eigenvalue weighted by molar-refractivity contribution is -0.123. The molecule has 9 heavy (non-hydrogen) atoms. The van der Waals surface area contributed by atoms with E-state index in [0.717, 1.165) is 0 Å². The molecule has 4 nitrogen and oxygen atoms in total. The minimum absolute atomic E-state index is 0.0266. The molecule has 0 aromatic rings. The van der Waals surface area contributed by atoms with Gasteiger partial charge < -0.3 is 15.2 Å². The fraction of sp³-hybridized carbons (Fsp3) is 0.600. The van der Waals surface area contributed by atoms with Crippen LogP contribution in [-0.2, 0) is 9.59 Å². The Morgan fingerprint density at radius 2 is 2.33 bits per heavy atom. The third-order valence-corrected chi connectivity index (χ3v) is 0.721. The van der Waals surface area contributed by atoms with Crippen LogP contribution in [0.5, 0.6) is 0 Å². The molecule has 0 aromatic heterocycles. The third kappa shape index (κ3) is 4.96. The van der Waals surface area contributed by atoms with Crippen molar-refractivity contribution in [3.8, 4) is 0 Å². The van der Waals surface area contributed by atoms with E-state index in [1.54, 1.807) is 0 Å². The van der Waals surface area contributed by atoms with Crippen molar-refractivity contribution in [2.24, 2.45) is 0 Å². The number of aliphatic hydroxyl groups excluding tert-OH is 1. The van der Waals surface area contributed by atoms with Gasteiger partial charge in [0, 0.05) is 6.42 Å². The highest BCUT2D eigenvalue weighted by Crippen LogP contribution is 1.73. The number of amides is 1. The van der Waals surface area contributed by atoms with E-state index in [0.29, 0.717) is 6.29 Å². The van der Waals surface area contributed by atoms with Crippen LogP contribution in [0.2, 0.25) is 0 Å². The summed E-state index contributed by atoms with van der Waals surface area (Å²) in [5.41, 5.74) is 0. The quantitative estimate of drug-likeness (QED) is 0.465. The molecule has 0 saturated carbocycles. The van der Waals surface area contributed by atoms with Crippen molar-refractivity contribution in [2.45, 2.75) is 6.42 Å². The van der Waals surface area contributed by atoms with Crippen LogP contribution in [-0.4, -0.2) is 30.5 Å². The van der Waals surface area contributed by atoms with Crippen LogP contribution in [0.1, 0.15) is 6.42 Å². The van der Waals surface area contributed by atoms with Gasteiger partial charge in [-0.1, -0.05) is 0 Å². The number of rotatable bonds is 4. The van der Waals surface area contributed by atoms with Crippen molar-refractivity contribution in [3.05, 3.63) is 0 Å². The lowest BCUT2D eigenvalue weighted by atomic mass is 10.4. The van der Waals surface area contributed by atoms with Gasteiger partial charge in [-0.3, -0.25) is 4.79 Å². The first kappa shape index (κ1) is 8.10. The number of hydrogen-bond donors (Lipinski definition) is 2. The summed E-state index contributed by atoms with van der Waals surface area (Å²) in [7, 11) is 0. The van der Waals surface area contributed by atoms with Crippen LogP contribution in [0.25, 0.3) is 0 Å². The van der Waals surface area contributed by atoms with Crippen LogP contribution in [0, 0.1) is 0 Å². The maximum absolute atomic E-state index is 10.4. The number of hydrogen-bond acceptors (Lipinski definition) is 3. The number of aldehydes is 1. The van der Waals surface area contributed by atoms with E-state index < -0.39 is 0 Å². The average molecular weight is 131 g/mol. The van der Waals surface area contributed by atoms with E-state index in [4.69, 9.17) is 5.11 Å². The van der Waals surface area contributed by atoms with Gasteiger partial charge in [0.05, 0.1) is 13.2 Å². The minimum Gasteiger partial charge on any atom is -0.396 e. The van der Waals surface area contributed by atoms with Gasteiger partial charge in [0.25, 0.3) is 0 Å². The standard InChI is InChI=1S/C5H9NO3/c7-3-1-5(9)6-2-4-8/h4,7H,1-3H2,(H,6,9). The molecular weight excluding hydrogens is 122 g/mol. The summed E-state index contributed by atoms with van der Waals surface area (Å²) in [6, 6.07) is 0. The van der Waals surface area contributed by atoms with E-state index >= 15 is 0 Å². The number of carbonyl (C=O) groups excluding carboxylic acids is 2. The molecule has 0 aliphatic rings. The lowest BCUT2D eigenvalue weighted by Crippen LogP contribution is -2.25. The number of aliphatic hydroxyl groups is 1. The SMILES string of the molecule is O=CCNC(=O)CCO. The van der Waals surface area contributed by atoms with Crippen molar-refractivity contribution in [1.29, 1.82) is 0 Å². The van der Waals surface area contributed by atoms with E-state index in [1.165, 1.54) is 0 Å². The van der Waals surface area contributed by atoms with Gasteiger partial charge in [0.2, 0.25) is 5.91 Å². The fourth-order valence-corrected chi connectivity index (χ4v) is 0.345. The van der Waals surface area contributed by atoms with Crippen molar-refractivity contribution in [2.75, 3.05) is 13.2 Å². The predicted molar refractivity (Wildman–Crippen MR) is 30.8 cm³/mol. The molecule has 0 fully saturated rings. The van der Waals surface area contributed by atoms with Crippen LogP contribution in [0.15, 0.2) is 0 Å². The first-order valence-corrected chi connectivity index (χ1v) is 2.62. The Hall–Kier alpha value is -0.900. The maximum Gasteiger partial charge on any atom is 0.222 e. The van der Waals surface area contributed by atoms with Gasteiger partial charge in [0.1, 0.15) is 6.29 Å². The second-order valence-corrected chi connectivity index (χ2v) is 1.44. The van der Waals surface area contributed by atoms with E-state index in [9.17, 15) is 9.59 Å². The zero-order chi connectivity index (χ0) is 7.11. The van der Waals surface area contributed by atoms with E-state index in [-0.39, 0.29) is 25.5 Å². The highest BCUT2D eigenvalue weighted by atomic mass is 16.3. The van der Waals surface area contributed by atoms with Crippen molar-refractivity contribution in [1.82, 2.24) is 5.32 Å². The summed E-state index contributed by atoms with van der Waals surface area (Å²) in [5.74, 6) is -0.301. The maximum atomic E-state index is 10.4. The molecule has 2 N–H and O–H groups in total. The molecule has 0 heterocycles. The summed E-state index contributed by atoms with van der Waals surface area (Å²) in [4.78, 5) is 20.0. The van der Waals surface area contributed by atoms with Gasteiger partial charge in [-0.25, -0.2) is 0 Å². The van der Waals surface area contributed by atoms with Crippen LogP contribution < -0.4 is 5.32 Å². The Bertz CT molecular complexity index is 102. The Labute approximate surface area is 52.9 Å². The summed E-state index contributed by atoms with van der Waals surface area (Å²) in [5, 5.41) is 10.5. The molecule has 0 aliphatic carbocycles. The average Bonchev–Trinajstić information content (AvgIpc) is 1.85. The highest BCUT2D eigenvalue weighted by Gasteiger charge is 1.95. The number of carbonyl (C=O) groups is 2. The fourth-order valence-electron chi connectivity index (χ4n) is 0.345. The first-order valence-electron chi connectivity index (χ1n) is 2.62. The minimum atomic E-state index is -0.301. The van der Waals surface area contributed by atoms with Gasteiger partial charge >= 0.3 is 0 Å². The largest absolute Gasteiger partial charge is 0.396 e. The summed E-state index contributed by atoms with van der Waals surface area (Å²) >= 11 is 0. The van der Waals surface area contributed by atoms with Crippen molar-refractivity contribution in [3.63, 3.8) is 0 Å². The second kappa shape index (κ2) is 5.24. The number of nitrogens with one attached hydrogen (secondary N) is 1. The normalized spacial score (nSPS) is 8.56. The molecule has 4 heteroatoms. The summed E-state index contributed by atoms with van der Waals surface area (Å²) < 4.78 is 0. The molecule has 0 spiro atoms. The third-order valence-electron chi connectivity index (χ3n) is 0.721. The van der Waals surface area contributed by atoms with Crippen LogP contribution in [0.4, 0.5) is 0 Å². The topological polar surface area (TPSA) is 66.4 Å². The molecular formula is C5H9NO3. The smallest absolute Gasteiger partial charge is 0.222 e. The molecule has 0 aliphatic heterocycles. The molecule has 0 bridgehead atoms. The van der Waals surface area contributed by atoms with Gasteiger partial charge in [-0.2, -0.15) is 0 Å². The lowest BCUT2D eigenvalue weighted by Gasteiger charge is -1.95. The van der Waals surface area contributed by atoms with Gasteiger partial charge in [-0.05, 0) is 0 Å². The Kier molecular flexibility index (Phi) is 4.72. The van der Waals surface area contributed by atoms with Gasteiger partial charge in [0.15, 0.2) is 0 Å².